The minimum atomic E-state index is -1.14. The summed E-state index contributed by atoms with van der Waals surface area (Å²) in [5, 5.41) is 11.7. The molecule has 0 atom stereocenters. The van der Waals surface area contributed by atoms with E-state index in [9.17, 15) is 9.59 Å². The van der Waals surface area contributed by atoms with E-state index in [1.165, 1.54) is 18.3 Å². The summed E-state index contributed by atoms with van der Waals surface area (Å²) in [6.07, 6.45) is 1.40. The van der Waals surface area contributed by atoms with Crippen LogP contribution < -0.4 is 5.32 Å². The molecular weight excluding hydrogens is 305 g/mol. The molecule has 2 rings (SSSR count). The SMILES string of the molecule is Cc1[nH]cc(NC(=O)c2ccc(Cl)nc2Cl)c1C(=O)O. The van der Waals surface area contributed by atoms with Gasteiger partial charge in [-0.05, 0) is 19.1 Å². The number of carbonyl (C=O) groups is 2. The Morgan fingerprint density at radius 2 is 2.05 bits per heavy atom. The number of hydrogen-bond acceptors (Lipinski definition) is 3. The number of aromatic nitrogens is 2. The molecule has 6 nitrogen and oxygen atoms in total. The molecule has 0 saturated heterocycles. The molecule has 0 unspecified atom stereocenters. The summed E-state index contributed by atoms with van der Waals surface area (Å²) in [5.41, 5.74) is 0.696. The molecule has 0 radical (unpaired) electrons. The van der Waals surface area contributed by atoms with E-state index in [1.807, 2.05) is 0 Å². The summed E-state index contributed by atoms with van der Waals surface area (Å²) in [7, 11) is 0. The third-order valence-electron chi connectivity index (χ3n) is 2.60. The number of rotatable bonds is 3. The summed E-state index contributed by atoms with van der Waals surface area (Å²) >= 11 is 11.5. The second-order valence-electron chi connectivity index (χ2n) is 3.93. The van der Waals surface area contributed by atoms with Crippen LogP contribution in [0.15, 0.2) is 18.3 Å². The Balaban J connectivity index is 2.31. The van der Waals surface area contributed by atoms with Crippen molar-refractivity contribution in [1.29, 1.82) is 0 Å². The van der Waals surface area contributed by atoms with Crippen molar-refractivity contribution in [2.45, 2.75) is 6.92 Å². The lowest BCUT2D eigenvalue weighted by atomic mass is 10.2. The summed E-state index contributed by atoms with van der Waals surface area (Å²) in [4.78, 5) is 29.6. The monoisotopic (exact) mass is 313 g/mol. The quantitative estimate of drug-likeness (QED) is 0.759. The predicted molar refractivity (Wildman–Crippen MR) is 74.7 cm³/mol. The standard InChI is InChI=1S/C12H9Cl2N3O3/c1-5-9(12(19)20)7(4-15-5)16-11(18)6-2-3-8(13)17-10(6)14/h2-4,15H,1H3,(H,16,18)(H,19,20). The molecule has 3 N–H and O–H groups in total. The number of anilines is 1. The van der Waals surface area contributed by atoms with E-state index in [4.69, 9.17) is 28.3 Å². The van der Waals surface area contributed by atoms with Crippen LogP contribution in [0.2, 0.25) is 10.3 Å². The van der Waals surface area contributed by atoms with Gasteiger partial charge in [0.05, 0.1) is 11.3 Å². The molecule has 1 amide bonds. The molecule has 0 aliphatic rings. The fourth-order valence-electron chi connectivity index (χ4n) is 1.67. The van der Waals surface area contributed by atoms with E-state index in [-0.39, 0.29) is 27.1 Å². The lowest BCUT2D eigenvalue weighted by molar-refractivity contribution is 0.0697. The Bertz CT molecular complexity index is 697. The number of halogens is 2. The highest BCUT2D eigenvalue weighted by atomic mass is 35.5. The van der Waals surface area contributed by atoms with Gasteiger partial charge in [0.25, 0.3) is 5.91 Å². The van der Waals surface area contributed by atoms with Gasteiger partial charge in [0.15, 0.2) is 0 Å². The van der Waals surface area contributed by atoms with Gasteiger partial charge in [0.1, 0.15) is 15.9 Å². The van der Waals surface area contributed by atoms with Gasteiger partial charge < -0.3 is 15.4 Å². The third kappa shape index (κ3) is 2.76. The normalized spacial score (nSPS) is 10.3. The highest BCUT2D eigenvalue weighted by molar-refractivity contribution is 6.35. The topological polar surface area (TPSA) is 95.1 Å². The highest BCUT2D eigenvalue weighted by Crippen LogP contribution is 2.22. The lowest BCUT2D eigenvalue weighted by Gasteiger charge is -2.06. The molecule has 0 fully saturated rings. The van der Waals surface area contributed by atoms with E-state index in [2.05, 4.69) is 15.3 Å². The predicted octanol–water partition coefficient (Wildman–Crippen LogP) is 2.98. The number of pyridine rings is 1. The van der Waals surface area contributed by atoms with Gasteiger partial charge in [-0.25, -0.2) is 9.78 Å². The number of carboxylic acid groups (broad SMARTS) is 1. The van der Waals surface area contributed by atoms with Crippen molar-refractivity contribution in [2.75, 3.05) is 5.32 Å². The zero-order valence-electron chi connectivity index (χ0n) is 10.2. The van der Waals surface area contributed by atoms with Crippen molar-refractivity contribution < 1.29 is 14.7 Å². The fraction of sp³-hybridized carbons (Fsp3) is 0.0833. The second kappa shape index (κ2) is 5.52. The van der Waals surface area contributed by atoms with E-state index in [0.717, 1.165) is 0 Å². The zero-order chi connectivity index (χ0) is 14.9. The third-order valence-corrected chi connectivity index (χ3v) is 3.10. The minimum Gasteiger partial charge on any atom is -0.478 e. The first kappa shape index (κ1) is 14.4. The van der Waals surface area contributed by atoms with Gasteiger partial charge in [-0.15, -0.1) is 0 Å². The number of carbonyl (C=O) groups excluding carboxylic acids is 1. The zero-order valence-corrected chi connectivity index (χ0v) is 11.7. The van der Waals surface area contributed by atoms with Crippen LogP contribution >= 0.6 is 23.2 Å². The summed E-state index contributed by atoms with van der Waals surface area (Å²) in [6, 6.07) is 2.83. The van der Waals surface area contributed by atoms with Crippen LogP contribution in [-0.2, 0) is 0 Å². The van der Waals surface area contributed by atoms with Gasteiger partial charge in [0, 0.05) is 11.9 Å². The summed E-state index contributed by atoms with van der Waals surface area (Å²) in [6.45, 7) is 1.59. The molecule has 0 aliphatic carbocycles. The van der Waals surface area contributed by atoms with Gasteiger partial charge in [-0.3, -0.25) is 4.79 Å². The Hall–Kier alpha value is -2.05. The molecule has 0 bridgehead atoms. The van der Waals surface area contributed by atoms with Crippen LogP contribution in [0.5, 0.6) is 0 Å². The van der Waals surface area contributed by atoms with Gasteiger partial charge in [0.2, 0.25) is 0 Å². The molecule has 20 heavy (non-hydrogen) atoms. The first-order chi connectivity index (χ1) is 9.40. The number of aromatic carboxylic acids is 1. The number of H-pyrrole nitrogens is 1. The average Bonchev–Trinajstić information content (AvgIpc) is 2.70. The average molecular weight is 314 g/mol. The highest BCUT2D eigenvalue weighted by Gasteiger charge is 2.19. The Kier molecular flexibility index (Phi) is 3.96. The summed E-state index contributed by atoms with van der Waals surface area (Å²) < 4.78 is 0. The molecule has 2 heterocycles. The molecule has 8 heteroatoms. The van der Waals surface area contributed by atoms with Crippen molar-refractivity contribution in [2.24, 2.45) is 0 Å². The number of carboxylic acids is 1. The van der Waals surface area contributed by atoms with Crippen LogP contribution in [0.25, 0.3) is 0 Å². The van der Waals surface area contributed by atoms with Crippen molar-refractivity contribution in [3.8, 4) is 0 Å². The summed E-state index contributed by atoms with van der Waals surface area (Å²) in [5.74, 6) is -1.71. The van der Waals surface area contributed by atoms with Crippen molar-refractivity contribution >= 4 is 40.8 Å². The first-order valence-corrected chi connectivity index (χ1v) is 6.20. The Labute approximate surface area is 123 Å². The first-order valence-electron chi connectivity index (χ1n) is 5.45. The van der Waals surface area contributed by atoms with E-state index >= 15 is 0 Å². The molecule has 2 aromatic rings. The van der Waals surface area contributed by atoms with Gasteiger partial charge in [-0.1, -0.05) is 23.2 Å². The van der Waals surface area contributed by atoms with E-state index < -0.39 is 11.9 Å². The van der Waals surface area contributed by atoms with Crippen LogP contribution in [0, 0.1) is 6.92 Å². The molecular formula is C12H9Cl2N3O3. The fourth-order valence-corrected chi connectivity index (χ4v) is 2.10. The minimum absolute atomic E-state index is 0.00334. The largest absolute Gasteiger partial charge is 0.478 e. The molecule has 104 valence electrons. The molecule has 0 aromatic carbocycles. The number of aryl methyl sites for hydroxylation is 1. The smallest absolute Gasteiger partial charge is 0.339 e. The maximum atomic E-state index is 12.0. The maximum Gasteiger partial charge on any atom is 0.339 e. The number of hydrogen-bond donors (Lipinski definition) is 3. The molecule has 0 saturated carbocycles. The molecule has 0 aliphatic heterocycles. The van der Waals surface area contributed by atoms with E-state index in [1.54, 1.807) is 6.92 Å². The maximum absolute atomic E-state index is 12.0. The van der Waals surface area contributed by atoms with Crippen LogP contribution in [0.4, 0.5) is 5.69 Å². The van der Waals surface area contributed by atoms with Crippen molar-refractivity contribution in [3.63, 3.8) is 0 Å². The Morgan fingerprint density at radius 1 is 1.35 bits per heavy atom. The van der Waals surface area contributed by atoms with Crippen LogP contribution in [0.1, 0.15) is 26.4 Å². The van der Waals surface area contributed by atoms with Gasteiger partial charge >= 0.3 is 5.97 Å². The molecule has 0 spiro atoms. The van der Waals surface area contributed by atoms with Crippen LogP contribution in [-0.4, -0.2) is 27.0 Å². The Morgan fingerprint density at radius 3 is 2.65 bits per heavy atom. The number of aromatic amines is 1. The number of nitrogens with one attached hydrogen (secondary N) is 2. The number of amides is 1. The lowest BCUT2D eigenvalue weighted by Crippen LogP contribution is -2.15. The second-order valence-corrected chi connectivity index (χ2v) is 4.68. The van der Waals surface area contributed by atoms with E-state index in [0.29, 0.717) is 5.69 Å². The van der Waals surface area contributed by atoms with Crippen LogP contribution in [0.3, 0.4) is 0 Å². The number of nitrogens with zero attached hydrogens (tertiary/aromatic N) is 1. The van der Waals surface area contributed by atoms with Gasteiger partial charge in [-0.2, -0.15) is 0 Å². The van der Waals surface area contributed by atoms with Crippen molar-refractivity contribution in [1.82, 2.24) is 9.97 Å². The molecule has 2 aromatic heterocycles. The van der Waals surface area contributed by atoms with Crippen molar-refractivity contribution in [3.05, 3.63) is 45.5 Å².